The molecule has 7 heteroatoms. The van der Waals surface area contributed by atoms with Crippen molar-refractivity contribution in [3.05, 3.63) is 65.4 Å². The van der Waals surface area contributed by atoms with E-state index in [0.717, 1.165) is 5.56 Å². The number of ether oxygens (including phenoxy) is 1. The van der Waals surface area contributed by atoms with Gasteiger partial charge < -0.3 is 15.0 Å². The Hall–Kier alpha value is -3.48. The molecule has 0 saturated heterocycles. The predicted molar refractivity (Wildman–Crippen MR) is 107 cm³/mol. The van der Waals surface area contributed by atoms with Gasteiger partial charge in [-0.2, -0.15) is 0 Å². The third-order valence-corrected chi connectivity index (χ3v) is 4.74. The van der Waals surface area contributed by atoms with Crippen molar-refractivity contribution in [1.82, 2.24) is 4.57 Å². The molecule has 2 aromatic carbocycles. The number of Topliss-reactive ketones (excluding diaryl/α,β-unsaturated/α-hetero) is 1. The molecule has 0 aliphatic rings. The molecule has 0 unspecified atom stereocenters. The summed E-state index contributed by atoms with van der Waals surface area (Å²) in [7, 11) is 0. The summed E-state index contributed by atoms with van der Waals surface area (Å²) in [5.41, 5.74) is 7.71. The van der Waals surface area contributed by atoms with Gasteiger partial charge in [-0.15, -0.1) is 0 Å². The molecular weight excluding hydrogens is 375 g/mol. The zero-order valence-electron chi connectivity index (χ0n) is 16.0. The van der Waals surface area contributed by atoms with Crippen molar-refractivity contribution in [2.75, 3.05) is 6.67 Å². The van der Waals surface area contributed by atoms with Crippen LogP contribution < -0.4 is 10.5 Å². The summed E-state index contributed by atoms with van der Waals surface area (Å²) in [5.74, 6) is -3.02. The Morgan fingerprint density at radius 1 is 1.07 bits per heavy atom. The molecule has 0 fully saturated rings. The van der Waals surface area contributed by atoms with Gasteiger partial charge in [0, 0.05) is 12.2 Å². The summed E-state index contributed by atoms with van der Waals surface area (Å²) in [5, 5.41) is 0.294. The number of nitrogens with two attached hydrogens (primary N) is 1. The number of ketones is 1. The first kappa shape index (κ1) is 20.3. The number of primary amides is 1. The van der Waals surface area contributed by atoms with Crippen molar-refractivity contribution >= 4 is 28.6 Å². The van der Waals surface area contributed by atoms with Gasteiger partial charge in [0.1, 0.15) is 5.75 Å². The van der Waals surface area contributed by atoms with E-state index in [4.69, 9.17) is 10.5 Å². The van der Waals surface area contributed by atoms with Crippen molar-refractivity contribution in [3.63, 3.8) is 0 Å². The minimum Gasteiger partial charge on any atom is -0.424 e. The van der Waals surface area contributed by atoms with Crippen LogP contribution in [0.25, 0.3) is 10.9 Å². The van der Waals surface area contributed by atoms with Gasteiger partial charge in [0.2, 0.25) is 0 Å². The van der Waals surface area contributed by atoms with Gasteiger partial charge >= 0.3 is 5.97 Å². The maximum atomic E-state index is 12.7. The minimum absolute atomic E-state index is 0.0305. The molecule has 0 atom stereocenters. The second kappa shape index (κ2) is 8.68. The fourth-order valence-corrected chi connectivity index (χ4v) is 3.53. The van der Waals surface area contributed by atoms with Crippen LogP contribution in [0.2, 0.25) is 0 Å². The van der Waals surface area contributed by atoms with Crippen molar-refractivity contribution < 1.29 is 23.5 Å². The zero-order valence-corrected chi connectivity index (χ0v) is 16.0. The fraction of sp³-hybridized carbons (Fsp3) is 0.227. The number of fused-ring (bicyclic) bond motifs is 1. The van der Waals surface area contributed by atoms with Crippen molar-refractivity contribution in [2.45, 2.75) is 26.3 Å². The fourth-order valence-electron chi connectivity index (χ4n) is 3.53. The number of halogens is 1. The van der Waals surface area contributed by atoms with Crippen LogP contribution in [0.4, 0.5) is 4.39 Å². The molecule has 150 valence electrons. The number of aromatic nitrogens is 1. The van der Waals surface area contributed by atoms with Crippen LogP contribution in [0.5, 0.6) is 5.75 Å². The van der Waals surface area contributed by atoms with Gasteiger partial charge in [0.05, 0.1) is 16.5 Å². The number of amides is 1. The SMILES string of the molecule is CCc1c(C(=O)C(N)=O)c2c(OC(=O)CF)cccc2n1CCc1ccccc1. The van der Waals surface area contributed by atoms with Gasteiger partial charge in [-0.3, -0.25) is 9.59 Å². The molecule has 6 nitrogen and oxygen atoms in total. The second-order valence-corrected chi connectivity index (χ2v) is 6.51. The first-order valence-electron chi connectivity index (χ1n) is 9.26. The number of esters is 1. The summed E-state index contributed by atoms with van der Waals surface area (Å²) in [6, 6.07) is 14.7. The highest BCUT2D eigenvalue weighted by Crippen LogP contribution is 2.35. The van der Waals surface area contributed by atoms with Crippen LogP contribution in [0.1, 0.15) is 28.5 Å². The van der Waals surface area contributed by atoms with E-state index in [-0.39, 0.29) is 11.3 Å². The lowest BCUT2D eigenvalue weighted by Gasteiger charge is -2.10. The van der Waals surface area contributed by atoms with E-state index in [1.807, 2.05) is 41.8 Å². The van der Waals surface area contributed by atoms with Gasteiger partial charge in [-0.1, -0.05) is 43.3 Å². The maximum absolute atomic E-state index is 12.7. The van der Waals surface area contributed by atoms with Gasteiger partial charge in [-0.25, -0.2) is 9.18 Å². The van der Waals surface area contributed by atoms with Crippen LogP contribution in [0.15, 0.2) is 48.5 Å². The minimum atomic E-state index is -1.30. The predicted octanol–water partition coefficient (Wildman–Crippen LogP) is 2.99. The molecule has 1 aromatic heterocycles. The average Bonchev–Trinajstić information content (AvgIpc) is 3.06. The van der Waals surface area contributed by atoms with Crippen LogP contribution in [0, 0.1) is 0 Å². The summed E-state index contributed by atoms with van der Waals surface area (Å²) in [4.78, 5) is 35.8. The zero-order chi connectivity index (χ0) is 21.0. The third kappa shape index (κ3) is 4.03. The van der Waals surface area contributed by atoms with E-state index in [1.165, 1.54) is 6.07 Å². The summed E-state index contributed by atoms with van der Waals surface area (Å²) in [6.45, 7) is 1.10. The molecule has 0 bridgehead atoms. The van der Waals surface area contributed by atoms with E-state index in [0.29, 0.717) is 36.0 Å². The monoisotopic (exact) mass is 396 g/mol. The van der Waals surface area contributed by atoms with E-state index >= 15 is 0 Å². The lowest BCUT2D eigenvalue weighted by atomic mass is 10.0. The average molecular weight is 396 g/mol. The quantitative estimate of drug-likeness (QED) is 0.274. The maximum Gasteiger partial charge on any atom is 0.342 e. The smallest absolute Gasteiger partial charge is 0.342 e. The van der Waals surface area contributed by atoms with Gasteiger partial charge in [-0.05, 0) is 30.5 Å². The van der Waals surface area contributed by atoms with Crippen molar-refractivity contribution in [1.29, 1.82) is 0 Å². The topological polar surface area (TPSA) is 91.4 Å². The van der Waals surface area contributed by atoms with Crippen LogP contribution >= 0.6 is 0 Å². The van der Waals surface area contributed by atoms with E-state index < -0.39 is 24.3 Å². The summed E-state index contributed by atoms with van der Waals surface area (Å²) in [6.07, 6.45) is 1.14. The third-order valence-electron chi connectivity index (χ3n) is 4.74. The first-order valence-corrected chi connectivity index (χ1v) is 9.26. The molecule has 3 aromatic rings. The van der Waals surface area contributed by atoms with E-state index in [2.05, 4.69) is 0 Å². The molecular formula is C22H21FN2O4. The highest BCUT2D eigenvalue weighted by molar-refractivity contribution is 6.45. The molecule has 0 aliphatic carbocycles. The number of alkyl halides is 1. The van der Waals surface area contributed by atoms with E-state index in [1.54, 1.807) is 12.1 Å². The number of aryl methyl sites for hydroxylation is 2. The molecule has 0 saturated carbocycles. The molecule has 0 aliphatic heterocycles. The standard InChI is InChI=1S/C22H21FN2O4/c1-2-15-20(21(27)22(24)28)19-16(9-6-10-17(19)29-18(26)13-23)25(15)12-11-14-7-4-3-5-8-14/h3-10H,2,11-13H2,1H3,(H2,24,28). The molecule has 2 N–H and O–H groups in total. The number of carbonyl (C=O) groups excluding carboxylic acids is 3. The lowest BCUT2D eigenvalue weighted by Crippen LogP contribution is -2.24. The largest absolute Gasteiger partial charge is 0.424 e. The highest BCUT2D eigenvalue weighted by atomic mass is 19.1. The van der Waals surface area contributed by atoms with E-state index in [9.17, 15) is 18.8 Å². The highest BCUT2D eigenvalue weighted by Gasteiger charge is 2.27. The number of nitrogens with zero attached hydrogens (tertiary/aromatic N) is 1. The van der Waals surface area contributed by atoms with Crippen LogP contribution in [0.3, 0.4) is 0 Å². The Bertz CT molecular complexity index is 1070. The number of benzene rings is 2. The van der Waals surface area contributed by atoms with Gasteiger partial charge in [0.15, 0.2) is 6.67 Å². The molecule has 29 heavy (non-hydrogen) atoms. The number of carbonyl (C=O) groups is 3. The van der Waals surface area contributed by atoms with Crippen molar-refractivity contribution in [3.8, 4) is 5.75 Å². The van der Waals surface area contributed by atoms with Crippen LogP contribution in [-0.2, 0) is 29.0 Å². The molecule has 0 spiro atoms. The van der Waals surface area contributed by atoms with Gasteiger partial charge in [0.25, 0.3) is 11.7 Å². The Labute approximate surface area is 167 Å². The Balaban J connectivity index is 2.19. The summed E-state index contributed by atoms with van der Waals surface area (Å²) >= 11 is 0. The Morgan fingerprint density at radius 3 is 2.41 bits per heavy atom. The molecule has 1 heterocycles. The molecule has 1 amide bonds. The number of rotatable bonds is 8. The molecule has 0 radical (unpaired) electrons. The van der Waals surface area contributed by atoms with Crippen LogP contribution in [-0.4, -0.2) is 28.9 Å². The second-order valence-electron chi connectivity index (χ2n) is 6.51. The number of hydrogen-bond acceptors (Lipinski definition) is 4. The number of hydrogen-bond donors (Lipinski definition) is 1. The Kier molecular flexibility index (Phi) is 6.07. The Morgan fingerprint density at radius 2 is 1.79 bits per heavy atom. The van der Waals surface area contributed by atoms with Crippen molar-refractivity contribution in [2.24, 2.45) is 5.73 Å². The normalized spacial score (nSPS) is 10.8. The first-order chi connectivity index (χ1) is 14.0. The summed E-state index contributed by atoms with van der Waals surface area (Å²) < 4.78 is 19.7. The lowest BCUT2D eigenvalue weighted by molar-refractivity contribution is -0.135. The molecule has 3 rings (SSSR count).